The van der Waals surface area contributed by atoms with Crippen molar-refractivity contribution in [1.82, 2.24) is 20.1 Å². The Balaban J connectivity index is 2.12. The van der Waals surface area contributed by atoms with Gasteiger partial charge in [-0.1, -0.05) is 0 Å². The second-order valence-electron chi connectivity index (χ2n) is 5.10. The van der Waals surface area contributed by atoms with Gasteiger partial charge in [0.15, 0.2) is 5.60 Å². The number of carboxylic acids is 1. The highest BCUT2D eigenvalue weighted by atomic mass is 16.4. The molecule has 0 aliphatic heterocycles. The molecule has 1 unspecified atom stereocenters. The van der Waals surface area contributed by atoms with Gasteiger partial charge in [-0.3, -0.25) is 4.79 Å². The summed E-state index contributed by atoms with van der Waals surface area (Å²) in [7, 11) is 0. The minimum atomic E-state index is -2.01. The molecular formula is C14H16N4O4. The van der Waals surface area contributed by atoms with Crippen LogP contribution in [0, 0.1) is 6.92 Å². The molecule has 0 aliphatic rings. The monoisotopic (exact) mass is 304 g/mol. The van der Waals surface area contributed by atoms with Crippen LogP contribution in [-0.4, -0.2) is 49.0 Å². The third-order valence-electron chi connectivity index (χ3n) is 3.19. The Morgan fingerprint density at radius 3 is 2.68 bits per heavy atom. The minimum Gasteiger partial charge on any atom is -0.479 e. The number of nitrogens with one attached hydrogen (secondary N) is 1. The molecular weight excluding hydrogens is 288 g/mol. The van der Waals surface area contributed by atoms with E-state index >= 15 is 0 Å². The van der Waals surface area contributed by atoms with Gasteiger partial charge < -0.3 is 15.5 Å². The summed E-state index contributed by atoms with van der Waals surface area (Å²) in [5.74, 6) is -1.85. The second-order valence-corrected chi connectivity index (χ2v) is 5.10. The summed E-state index contributed by atoms with van der Waals surface area (Å²) >= 11 is 0. The van der Waals surface area contributed by atoms with Crippen LogP contribution >= 0.6 is 0 Å². The zero-order valence-corrected chi connectivity index (χ0v) is 12.1. The van der Waals surface area contributed by atoms with Crippen LogP contribution in [0.1, 0.15) is 22.8 Å². The molecule has 2 rings (SSSR count). The molecule has 1 amide bonds. The fourth-order valence-electron chi connectivity index (χ4n) is 1.81. The number of aromatic nitrogens is 3. The lowest BCUT2D eigenvalue weighted by Crippen LogP contribution is -2.46. The number of hydrogen-bond donors (Lipinski definition) is 3. The second kappa shape index (κ2) is 5.94. The lowest BCUT2D eigenvalue weighted by molar-refractivity contribution is -0.155. The van der Waals surface area contributed by atoms with Crippen LogP contribution in [0.3, 0.4) is 0 Å². The molecule has 8 heteroatoms. The Hall–Kier alpha value is -2.74. The van der Waals surface area contributed by atoms with Gasteiger partial charge in [-0.05, 0) is 37.6 Å². The van der Waals surface area contributed by atoms with E-state index in [0.717, 1.165) is 12.6 Å². The molecule has 1 aromatic carbocycles. The number of carbonyl (C=O) groups excluding carboxylic acids is 1. The van der Waals surface area contributed by atoms with E-state index in [4.69, 9.17) is 5.11 Å². The van der Waals surface area contributed by atoms with E-state index in [2.05, 4.69) is 15.4 Å². The van der Waals surface area contributed by atoms with Crippen molar-refractivity contribution < 1.29 is 19.8 Å². The van der Waals surface area contributed by atoms with Gasteiger partial charge in [-0.25, -0.2) is 14.5 Å². The van der Waals surface area contributed by atoms with Gasteiger partial charge in [0.2, 0.25) is 0 Å². The first-order valence-electron chi connectivity index (χ1n) is 6.51. The summed E-state index contributed by atoms with van der Waals surface area (Å²) in [5, 5.41) is 24.8. The molecule has 0 radical (unpaired) electrons. The smallest absolute Gasteiger partial charge is 0.337 e. The standard InChI is InChI=1S/C14H16N4O4/c1-9-5-10(18-8-15-7-17-18)3-4-11(9)12(19)16-6-14(2,22)13(20)21/h3-5,7-8,22H,6H2,1-2H3,(H,16,19)(H,20,21). The van der Waals surface area contributed by atoms with Crippen LogP contribution < -0.4 is 5.32 Å². The van der Waals surface area contributed by atoms with E-state index in [0.29, 0.717) is 11.1 Å². The highest BCUT2D eigenvalue weighted by Crippen LogP contribution is 2.14. The topological polar surface area (TPSA) is 117 Å². The van der Waals surface area contributed by atoms with Crippen LogP contribution in [0.5, 0.6) is 0 Å². The van der Waals surface area contributed by atoms with Crippen LogP contribution in [0.4, 0.5) is 0 Å². The first kappa shape index (κ1) is 15.6. The average Bonchev–Trinajstić information content (AvgIpc) is 2.98. The van der Waals surface area contributed by atoms with Crippen LogP contribution in [0.15, 0.2) is 30.9 Å². The van der Waals surface area contributed by atoms with E-state index in [1.807, 2.05) is 0 Å². The van der Waals surface area contributed by atoms with Crippen molar-refractivity contribution >= 4 is 11.9 Å². The van der Waals surface area contributed by atoms with Crippen molar-refractivity contribution in [3.05, 3.63) is 42.0 Å². The summed E-state index contributed by atoms with van der Waals surface area (Å²) in [6.45, 7) is 2.49. The predicted molar refractivity (Wildman–Crippen MR) is 76.7 cm³/mol. The van der Waals surface area contributed by atoms with Crippen molar-refractivity contribution in [1.29, 1.82) is 0 Å². The van der Waals surface area contributed by atoms with Gasteiger partial charge in [-0.2, -0.15) is 5.10 Å². The molecule has 2 aromatic rings. The van der Waals surface area contributed by atoms with Crippen molar-refractivity contribution in [3.8, 4) is 5.69 Å². The van der Waals surface area contributed by atoms with E-state index in [9.17, 15) is 14.7 Å². The predicted octanol–water partition coefficient (Wildman–Crippen LogP) is 0.141. The van der Waals surface area contributed by atoms with Crippen molar-refractivity contribution in [3.63, 3.8) is 0 Å². The van der Waals surface area contributed by atoms with Gasteiger partial charge in [-0.15, -0.1) is 0 Å². The van der Waals surface area contributed by atoms with Crippen molar-refractivity contribution in [2.75, 3.05) is 6.54 Å². The first-order valence-corrected chi connectivity index (χ1v) is 6.51. The molecule has 0 aliphatic carbocycles. The highest BCUT2D eigenvalue weighted by molar-refractivity contribution is 5.96. The lowest BCUT2D eigenvalue weighted by Gasteiger charge is -2.18. The molecule has 8 nitrogen and oxygen atoms in total. The number of aliphatic carboxylic acids is 1. The molecule has 0 saturated carbocycles. The van der Waals surface area contributed by atoms with Gasteiger partial charge in [0, 0.05) is 5.56 Å². The maximum absolute atomic E-state index is 12.1. The molecule has 0 saturated heterocycles. The number of hydrogen-bond acceptors (Lipinski definition) is 5. The number of aliphatic hydroxyl groups is 1. The third-order valence-corrected chi connectivity index (χ3v) is 3.19. The number of amides is 1. The maximum Gasteiger partial charge on any atom is 0.337 e. The fourth-order valence-corrected chi connectivity index (χ4v) is 1.81. The zero-order valence-electron chi connectivity index (χ0n) is 12.1. The number of carbonyl (C=O) groups is 2. The summed E-state index contributed by atoms with van der Waals surface area (Å²) in [6, 6.07) is 5.07. The molecule has 0 bridgehead atoms. The number of nitrogens with zero attached hydrogens (tertiary/aromatic N) is 3. The van der Waals surface area contributed by atoms with Crippen LogP contribution in [0.25, 0.3) is 5.69 Å². The summed E-state index contributed by atoms with van der Waals surface area (Å²) in [5.41, 5.74) is -0.167. The molecule has 0 spiro atoms. The summed E-state index contributed by atoms with van der Waals surface area (Å²) in [4.78, 5) is 26.7. The molecule has 1 heterocycles. The van der Waals surface area contributed by atoms with E-state index < -0.39 is 17.5 Å². The maximum atomic E-state index is 12.1. The molecule has 22 heavy (non-hydrogen) atoms. The van der Waals surface area contributed by atoms with Crippen molar-refractivity contribution in [2.45, 2.75) is 19.4 Å². The fraction of sp³-hybridized carbons (Fsp3) is 0.286. The normalized spacial score (nSPS) is 13.4. The van der Waals surface area contributed by atoms with Crippen LogP contribution in [-0.2, 0) is 4.79 Å². The third kappa shape index (κ3) is 3.29. The number of aryl methyl sites for hydroxylation is 1. The Morgan fingerprint density at radius 2 is 2.14 bits per heavy atom. The van der Waals surface area contributed by atoms with Gasteiger partial charge in [0.1, 0.15) is 12.7 Å². The number of carboxylic acid groups (broad SMARTS) is 1. The van der Waals surface area contributed by atoms with E-state index in [1.54, 1.807) is 36.1 Å². The van der Waals surface area contributed by atoms with Crippen molar-refractivity contribution in [2.24, 2.45) is 0 Å². The van der Waals surface area contributed by atoms with Crippen LogP contribution in [0.2, 0.25) is 0 Å². The molecule has 1 aromatic heterocycles. The highest BCUT2D eigenvalue weighted by Gasteiger charge is 2.30. The Morgan fingerprint density at radius 1 is 1.41 bits per heavy atom. The Labute approximate surface area is 126 Å². The molecule has 116 valence electrons. The lowest BCUT2D eigenvalue weighted by atomic mass is 10.1. The zero-order chi connectivity index (χ0) is 16.3. The molecule has 1 atom stereocenters. The molecule has 3 N–H and O–H groups in total. The summed E-state index contributed by atoms with van der Waals surface area (Å²) < 4.78 is 1.56. The Kier molecular flexibility index (Phi) is 4.22. The average molecular weight is 304 g/mol. The minimum absolute atomic E-state index is 0.383. The largest absolute Gasteiger partial charge is 0.479 e. The SMILES string of the molecule is Cc1cc(-n2cncn2)ccc1C(=O)NCC(C)(O)C(=O)O. The Bertz CT molecular complexity index is 695. The van der Waals surface area contributed by atoms with E-state index in [-0.39, 0.29) is 6.54 Å². The number of benzene rings is 1. The van der Waals surface area contributed by atoms with Gasteiger partial charge >= 0.3 is 5.97 Å². The van der Waals surface area contributed by atoms with Gasteiger partial charge in [0.25, 0.3) is 5.91 Å². The summed E-state index contributed by atoms with van der Waals surface area (Å²) in [6.07, 6.45) is 2.95. The first-order chi connectivity index (χ1) is 10.3. The molecule has 0 fully saturated rings. The van der Waals surface area contributed by atoms with E-state index in [1.165, 1.54) is 6.33 Å². The van der Waals surface area contributed by atoms with Gasteiger partial charge in [0.05, 0.1) is 12.2 Å². The number of rotatable bonds is 5. The quantitative estimate of drug-likeness (QED) is 0.723.